The molecule has 0 fully saturated rings. The van der Waals surface area contributed by atoms with E-state index >= 15 is 0 Å². The van der Waals surface area contributed by atoms with Crippen LogP contribution in [0.1, 0.15) is 71.1 Å². The zero-order valence-electron chi connectivity index (χ0n) is 13.2. The van der Waals surface area contributed by atoms with Gasteiger partial charge in [0.25, 0.3) is 0 Å². The number of hydrogen-bond acceptors (Lipinski definition) is 4. The van der Waals surface area contributed by atoms with E-state index in [-0.39, 0.29) is 12.6 Å². The number of aliphatic hydroxyl groups excluding tert-OH is 1. The summed E-state index contributed by atoms with van der Waals surface area (Å²) in [6, 6.07) is 0. The number of rotatable bonds is 15. The van der Waals surface area contributed by atoms with E-state index in [1.54, 1.807) is 0 Å². The molecule has 0 rings (SSSR count). The monoisotopic (exact) mass is 287 g/mol. The maximum absolute atomic E-state index is 11.4. The summed E-state index contributed by atoms with van der Waals surface area (Å²) in [5.74, 6) is -0.0538. The van der Waals surface area contributed by atoms with Gasteiger partial charge in [0.15, 0.2) is 0 Å². The minimum atomic E-state index is -0.0538. The maximum atomic E-state index is 11.4. The molecule has 0 spiro atoms. The number of unbranched alkanes of at least 4 members (excludes halogenated alkanes) is 7. The molecule has 0 radical (unpaired) electrons. The van der Waals surface area contributed by atoms with E-state index in [0.29, 0.717) is 19.6 Å². The average molecular weight is 287 g/mol. The van der Waals surface area contributed by atoms with E-state index in [1.165, 1.54) is 32.1 Å². The van der Waals surface area contributed by atoms with E-state index in [2.05, 4.69) is 12.2 Å². The lowest BCUT2D eigenvalue weighted by Crippen LogP contribution is -2.19. The van der Waals surface area contributed by atoms with E-state index in [4.69, 9.17) is 9.84 Å². The molecular formula is C16H33NO3. The molecule has 0 unspecified atom stereocenters. The van der Waals surface area contributed by atoms with Gasteiger partial charge in [-0.15, -0.1) is 0 Å². The second-order valence-corrected chi connectivity index (χ2v) is 5.27. The number of ether oxygens (including phenoxy) is 1. The molecule has 0 aromatic heterocycles. The Hall–Kier alpha value is -0.610. The third-order valence-electron chi connectivity index (χ3n) is 3.28. The Morgan fingerprint density at radius 2 is 1.65 bits per heavy atom. The van der Waals surface area contributed by atoms with E-state index in [9.17, 15) is 4.79 Å². The highest BCUT2D eigenvalue weighted by molar-refractivity contribution is 5.69. The quantitative estimate of drug-likeness (QED) is 0.359. The van der Waals surface area contributed by atoms with Gasteiger partial charge in [0, 0.05) is 13.0 Å². The summed E-state index contributed by atoms with van der Waals surface area (Å²) in [4.78, 5) is 11.4. The van der Waals surface area contributed by atoms with E-state index in [0.717, 1.165) is 32.2 Å². The Kier molecular flexibility index (Phi) is 15.9. The number of nitrogens with one attached hydrogen (secondary N) is 1. The topological polar surface area (TPSA) is 58.6 Å². The Balaban J connectivity index is 3.13. The third kappa shape index (κ3) is 15.4. The molecule has 2 N–H and O–H groups in total. The van der Waals surface area contributed by atoms with Crippen LogP contribution in [0.5, 0.6) is 0 Å². The van der Waals surface area contributed by atoms with Crippen LogP contribution in [0.15, 0.2) is 0 Å². The fourth-order valence-electron chi connectivity index (χ4n) is 2.04. The molecule has 0 aliphatic heterocycles. The van der Waals surface area contributed by atoms with Gasteiger partial charge in [-0.05, 0) is 25.8 Å². The van der Waals surface area contributed by atoms with Gasteiger partial charge >= 0.3 is 5.97 Å². The van der Waals surface area contributed by atoms with Crippen LogP contribution < -0.4 is 5.32 Å². The first-order valence-electron chi connectivity index (χ1n) is 8.28. The summed E-state index contributed by atoms with van der Waals surface area (Å²) < 4.78 is 5.18. The molecule has 0 bridgehead atoms. The predicted molar refractivity (Wildman–Crippen MR) is 82.8 cm³/mol. The van der Waals surface area contributed by atoms with Crippen molar-refractivity contribution in [2.24, 2.45) is 0 Å². The van der Waals surface area contributed by atoms with Crippen LogP contribution in [0.4, 0.5) is 0 Å². The molecule has 120 valence electrons. The molecule has 0 amide bonds. The van der Waals surface area contributed by atoms with E-state index in [1.807, 2.05) is 0 Å². The first-order valence-corrected chi connectivity index (χ1v) is 8.28. The summed E-state index contributed by atoms with van der Waals surface area (Å²) in [5.41, 5.74) is 0. The first kappa shape index (κ1) is 19.4. The van der Waals surface area contributed by atoms with Crippen molar-refractivity contribution in [2.75, 3.05) is 26.3 Å². The Morgan fingerprint density at radius 1 is 0.950 bits per heavy atom. The molecule has 0 aliphatic carbocycles. The first-order chi connectivity index (χ1) is 9.81. The van der Waals surface area contributed by atoms with Crippen LogP contribution in [0, 0.1) is 0 Å². The van der Waals surface area contributed by atoms with Gasteiger partial charge in [0.1, 0.15) is 0 Å². The Labute approximate surface area is 124 Å². The number of carbonyl (C=O) groups is 1. The highest BCUT2D eigenvalue weighted by Gasteiger charge is 2.02. The number of esters is 1. The molecule has 0 aromatic carbocycles. The Bertz CT molecular complexity index is 190. The standard InChI is InChI=1S/C16H33NO3/c1-2-3-4-5-6-7-8-11-16(19)20-15-10-9-12-17-13-14-18/h17-18H,2-15H2,1H3. The van der Waals surface area contributed by atoms with Crippen LogP contribution in [-0.2, 0) is 9.53 Å². The fourth-order valence-corrected chi connectivity index (χ4v) is 2.04. The van der Waals surface area contributed by atoms with Crippen LogP contribution >= 0.6 is 0 Å². The van der Waals surface area contributed by atoms with Gasteiger partial charge in [0.05, 0.1) is 13.2 Å². The second kappa shape index (κ2) is 16.4. The van der Waals surface area contributed by atoms with Crippen molar-refractivity contribution in [1.29, 1.82) is 0 Å². The van der Waals surface area contributed by atoms with Gasteiger partial charge < -0.3 is 15.2 Å². The van der Waals surface area contributed by atoms with Crippen LogP contribution in [-0.4, -0.2) is 37.4 Å². The number of hydrogen-bond donors (Lipinski definition) is 2. The van der Waals surface area contributed by atoms with Crippen molar-refractivity contribution >= 4 is 5.97 Å². The van der Waals surface area contributed by atoms with Crippen LogP contribution in [0.3, 0.4) is 0 Å². The average Bonchev–Trinajstić information content (AvgIpc) is 2.45. The van der Waals surface area contributed by atoms with Crippen molar-refractivity contribution in [3.8, 4) is 0 Å². The normalized spacial score (nSPS) is 10.7. The zero-order valence-corrected chi connectivity index (χ0v) is 13.2. The minimum Gasteiger partial charge on any atom is -0.466 e. The number of carbonyl (C=O) groups excluding carboxylic acids is 1. The molecule has 4 heteroatoms. The molecule has 0 heterocycles. The molecule has 0 atom stereocenters. The zero-order chi connectivity index (χ0) is 14.9. The summed E-state index contributed by atoms with van der Waals surface area (Å²) in [7, 11) is 0. The molecular weight excluding hydrogens is 254 g/mol. The lowest BCUT2D eigenvalue weighted by Gasteiger charge is -2.05. The summed E-state index contributed by atoms with van der Waals surface area (Å²) in [6.45, 7) is 4.43. The van der Waals surface area contributed by atoms with Crippen molar-refractivity contribution < 1.29 is 14.6 Å². The smallest absolute Gasteiger partial charge is 0.305 e. The van der Waals surface area contributed by atoms with Gasteiger partial charge in [-0.2, -0.15) is 0 Å². The summed E-state index contributed by atoms with van der Waals surface area (Å²) in [5, 5.41) is 11.7. The van der Waals surface area contributed by atoms with Crippen molar-refractivity contribution in [2.45, 2.75) is 71.1 Å². The molecule has 20 heavy (non-hydrogen) atoms. The highest BCUT2D eigenvalue weighted by atomic mass is 16.5. The highest BCUT2D eigenvalue weighted by Crippen LogP contribution is 2.08. The van der Waals surface area contributed by atoms with Crippen LogP contribution in [0.2, 0.25) is 0 Å². The minimum absolute atomic E-state index is 0.0538. The molecule has 0 aliphatic rings. The van der Waals surface area contributed by atoms with E-state index < -0.39 is 0 Å². The Morgan fingerprint density at radius 3 is 2.35 bits per heavy atom. The third-order valence-corrected chi connectivity index (χ3v) is 3.28. The predicted octanol–water partition coefficient (Wildman–Crippen LogP) is 3.03. The molecule has 0 saturated heterocycles. The van der Waals surface area contributed by atoms with Gasteiger partial charge in [0.2, 0.25) is 0 Å². The largest absolute Gasteiger partial charge is 0.466 e. The second-order valence-electron chi connectivity index (χ2n) is 5.27. The lowest BCUT2D eigenvalue weighted by molar-refractivity contribution is -0.143. The summed E-state index contributed by atoms with van der Waals surface area (Å²) in [6.07, 6.45) is 11.0. The van der Waals surface area contributed by atoms with Crippen LogP contribution in [0.25, 0.3) is 0 Å². The van der Waals surface area contributed by atoms with Gasteiger partial charge in [-0.3, -0.25) is 4.79 Å². The molecule has 0 aromatic rings. The van der Waals surface area contributed by atoms with Crippen molar-refractivity contribution in [3.63, 3.8) is 0 Å². The lowest BCUT2D eigenvalue weighted by atomic mass is 10.1. The molecule has 0 saturated carbocycles. The fraction of sp³-hybridized carbons (Fsp3) is 0.938. The van der Waals surface area contributed by atoms with Crippen molar-refractivity contribution in [3.05, 3.63) is 0 Å². The van der Waals surface area contributed by atoms with Gasteiger partial charge in [-0.1, -0.05) is 45.4 Å². The maximum Gasteiger partial charge on any atom is 0.305 e. The van der Waals surface area contributed by atoms with Gasteiger partial charge in [-0.25, -0.2) is 0 Å². The summed E-state index contributed by atoms with van der Waals surface area (Å²) >= 11 is 0. The number of aliphatic hydroxyl groups is 1. The SMILES string of the molecule is CCCCCCCCCC(=O)OCCCCNCCO. The van der Waals surface area contributed by atoms with Crippen molar-refractivity contribution in [1.82, 2.24) is 5.32 Å². The molecule has 4 nitrogen and oxygen atoms in total.